The molecule has 0 spiro atoms. The van der Waals surface area contributed by atoms with Crippen molar-refractivity contribution in [3.8, 4) is 6.07 Å². The maximum atomic E-state index is 8.47. The highest BCUT2D eigenvalue weighted by atomic mass is 14.5. The molecule has 8 heavy (non-hydrogen) atoms. The van der Waals surface area contributed by atoms with E-state index >= 15 is 0 Å². The van der Waals surface area contributed by atoms with E-state index in [1.54, 1.807) is 0 Å². The van der Waals surface area contributed by atoms with Crippen LogP contribution in [0.25, 0.3) is 0 Å². The zero-order valence-corrected chi connectivity index (χ0v) is 5.02. The molecule has 42 valence electrons. The molecule has 0 radical (unpaired) electrons. The van der Waals surface area contributed by atoms with Crippen molar-refractivity contribution in [3.63, 3.8) is 0 Å². The Morgan fingerprint density at radius 3 is 2.75 bits per heavy atom. The van der Waals surface area contributed by atoms with Crippen LogP contribution in [0.5, 0.6) is 0 Å². The molecule has 0 aromatic carbocycles. The fourth-order valence-electron chi connectivity index (χ4n) is 0.870. The lowest BCUT2D eigenvalue weighted by Crippen LogP contribution is -1.88. The van der Waals surface area contributed by atoms with Crippen molar-refractivity contribution >= 4 is 0 Å². The molecule has 2 atom stereocenters. The van der Waals surface area contributed by atoms with E-state index in [-0.39, 0.29) is 5.41 Å². The van der Waals surface area contributed by atoms with Crippen LogP contribution in [0.15, 0.2) is 12.7 Å². The van der Waals surface area contributed by atoms with Gasteiger partial charge in [0.25, 0.3) is 0 Å². The van der Waals surface area contributed by atoms with Gasteiger partial charge in [0.2, 0.25) is 0 Å². The largest absolute Gasteiger partial charge is 0.198 e. The van der Waals surface area contributed by atoms with Crippen LogP contribution in [0.1, 0.15) is 13.3 Å². The van der Waals surface area contributed by atoms with Gasteiger partial charge in [-0.25, -0.2) is 0 Å². The first-order chi connectivity index (χ1) is 3.73. The van der Waals surface area contributed by atoms with Gasteiger partial charge in [-0.15, -0.1) is 6.58 Å². The van der Waals surface area contributed by atoms with E-state index in [0.29, 0.717) is 5.92 Å². The lowest BCUT2D eigenvalue weighted by Gasteiger charge is -1.89. The summed E-state index contributed by atoms with van der Waals surface area (Å²) in [5.41, 5.74) is -0.0538. The van der Waals surface area contributed by atoms with E-state index in [2.05, 4.69) is 12.6 Å². The second-order valence-electron chi connectivity index (χ2n) is 2.58. The number of allylic oxidation sites excluding steroid dienone is 1. The number of hydrogen-bond donors (Lipinski definition) is 0. The number of rotatable bonds is 1. The molecule has 0 aliphatic heterocycles. The SMILES string of the molecule is C=CC1CC1(C)C#N. The van der Waals surface area contributed by atoms with E-state index in [1.807, 2.05) is 13.0 Å². The third kappa shape index (κ3) is 0.535. The van der Waals surface area contributed by atoms with Crippen molar-refractivity contribution < 1.29 is 0 Å². The average molecular weight is 107 g/mol. The van der Waals surface area contributed by atoms with Gasteiger partial charge in [-0.05, 0) is 19.3 Å². The topological polar surface area (TPSA) is 23.8 Å². The molecule has 0 aromatic rings. The first-order valence-corrected chi connectivity index (χ1v) is 2.77. The quantitative estimate of drug-likeness (QED) is 0.468. The molecule has 0 N–H and O–H groups in total. The summed E-state index contributed by atoms with van der Waals surface area (Å²) in [5.74, 6) is 0.465. The Bertz CT molecular complexity index is 154. The Morgan fingerprint density at radius 1 is 2.00 bits per heavy atom. The van der Waals surface area contributed by atoms with Gasteiger partial charge in [0.05, 0.1) is 11.5 Å². The van der Waals surface area contributed by atoms with Crippen LogP contribution in [0.3, 0.4) is 0 Å². The second kappa shape index (κ2) is 1.35. The zero-order valence-electron chi connectivity index (χ0n) is 5.02. The summed E-state index contributed by atoms with van der Waals surface area (Å²) in [5, 5.41) is 8.47. The Kier molecular flexibility index (Phi) is 0.907. The standard InChI is InChI=1S/C7H9N/c1-3-6-4-7(6,2)5-8/h3,6H,1,4H2,2H3. The first kappa shape index (κ1) is 5.37. The molecule has 0 bridgehead atoms. The molecule has 2 unspecified atom stereocenters. The molecule has 0 heterocycles. The second-order valence-corrected chi connectivity index (χ2v) is 2.58. The number of nitrogens with zero attached hydrogens (tertiary/aromatic N) is 1. The monoisotopic (exact) mass is 107 g/mol. The highest BCUT2D eigenvalue weighted by molar-refractivity contribution is 5.18. The average Bonchev–Trinajstić information content (AvgIpc) is 2.44. The van der Waals surface area contributed by atoms with E-state index in [9.17, 15) is 0 Å². The lowest BCUT2D eigenvalue weighted by atomic mass is 10.1. The van der Waals surface area contributed by atoms with E-state index in [4.69, 9.17) is 5.26 Å². The maximum Gasteiger partial charge on any atom is 0.0693 e. The third-order valence-corrected chi connectivity index (χ3v) is 1.84. The van der Waals surface area contributed by atoms with Gasteiger partial charge in [0.15, 0.2) is 0 Å². The summed E-state index contributed by atoms with van der Waals surface area (Å²) in [6.45, 7) is 5.59. The summed E-state index contributed by atoms with van der Waals surface area (Å²) in [6.07, 6.45) is 2.87. The molecule has 1 saturated carbocycles. The summed E-state index contributed by atoms with van der Waals surface area (Å²) in [6, 6.07) is 2.25. The molecule has 1 aliphatic carbocycles. The van der Waals surface area contributed by atoms with Crippen molar-refractivity contribution in [2.24, 2.45) is 11.3 Å². The van der Waals surface area contributed by atoms with Gasteiger partial charge >= 0.3 is 0 Å². The smallest absolute Gasteiger partial charge is 0.0693 e. The number of hydrogen-bond acceptors (Lipinski definition) is 1. The Morgan fingerprint density at radius 2 is 2.62 bits per heavy atom. The van der Waals surface area contributed by atoms with Gasteiger partial charge in [-0.1, -0.05) is 6.08 Å². The lowest BCUT2D eigenvalue weighted by molar-refractivity contribution is 0.715. The van der Waals surface area contributed by atoms with Crippen molar-refractivity contribution in [1.82, 2.24) is 0 Å². The van der Waals surface area contributed by atoms with Crippen LogP contribution >= 0.6 is 0 Å². The summed E-state index contributed by atoms with van der Waals surface area (Å²) in [7, 11) is 0. The molecule has 0 aromatic heterocycles. The molecule has 1 fully saturated rings. The molecule has 1 heteroatoms. The third-order valence-electron chi connectivity index (χ3n) is 1.84. The van der Waals surface area contributed by atoms with Gasteiger partial charge in [-0.2, -0.15) is 5.26 Å². The minimum atomic E-state index is -0.0538. The van der Waals surface area contributed by atoms with Crippen LogP contribution in [-0.2, 0) is 0 Å². The summed E-state index contributed by atoms with van der Waals surface area (Å²) in [4.78, 5) is 0. The van der Waals surface area contributed by atoms with Crippen molar-refractivity contribution in [2.75, 3.05) is 0 Å². The van der Waals surface area contributed by atoms with Crippen LogP contribution < -0.4 is 0 Å². The molecule has 0 amide bonds. The minimum absolute atomic E-state index is 0.0538. The normalized spacial score (nSPS) is 42.8. The van der Waals surface area contributed by atoms with E-state index in [1.165, 1.54) is 0 Å². The van der Waals surface area contributed by atoms with E-state index < -0.39 is 0 Å². The fraction of sp³-hybridized carbons (Fsp3) is 0.571. The van der Waals surface area contributed by atoms with Gasteiger partial charge in [0.1, 0.15) is 0 Å². The summed E-state index contributed by atoms with van der Waals surface area (Å²) >= 11 is 0. The zero-order chi connectivity index (χ0) is 6.20. The van der Waals surface area contributed by atoms with Crippen molar-refractivity contribution in [2.45, 2.75) is 13.3 Å². The van der Waals surface area contributed by atoms with Crippen molar-refractivity contribution in [3.05, 3.63) is 12.7 Å². The fourth-order valence-corrected chi connectivity index (χ4v) is 0.870. The molecule has 0 saturated heterocycles. The Labute approximate surface area is 49.6 Å². The molecule has 1 aliphatic rings. The minimum Gasteiger partial charge on any atom is -0.198 e. The molecular weight excluding hydrogens is 98.1 g/mol. The molecular formula is C7H9N. The highest BCUT2D eigenvalue weighted by Crippen LogP contribution is 2.51. The van der Waals surface area contributed by atoms with Crippen LogP contribution in [0, 0.1) is 22.7 Å². The van der Waals surface area contributed by atoms with Gasteiger partial charge in [0, 0.05) is 0 Å². The van der Waals surface area contributed by atoms with Gasteiger partial charge < -0.3 is 0 Å². The molecule has 1 nitrogen and oxygen atoms in total. The Balaban J connectivity index is 2.58. The van der Waals surface area contributed by atoms with Crippen molar-refractivity contribution in [1.29, 1.82) is 5.26 Å². The van der Waals surface area contributed by atoms with Crippen LogP contribution in [0.4, 0.5) is 0 Å². The maximum absolute atomic E-state index is 8.47. The predicted octanol–water partition coefficient (Wildman–Crippen LogP) is 1.72. The molecule has 1 rings (SSSR count). The van der Waals surface area contributed by atoms with Crippen LogP contribution in [0.2, 0.25) is 0 Å². The van der Waals surface area contributed by atoms with Crippen LogP contribution in [-0.4, -0.2) is 0 Å². The number of nitriles is 1. The Hall–Kier alpha value is -0.770. The first-order valence-electron chi connectivity index (χ1n) is 2.77. The highest BCUT2D eigenvalue weighted by Gasteiger charge is 2.48. The van der Waals surface area contributed by atoms with E-state index in [0.717, 1.165) is 6.42 Å². The predicted molar refractivity (Wildman–Crippen MR) is 32.0 cm³/mol. The summed E-state index contributed by atoms with van der Waals surface area (Å²) < 4.78 is 0. The van der Waals surface area contributed by atoms with Gasteiger partial charge in [-0.3, -0.25) is 0 Å².